The monoisotopic (exact) mass is 521 g/mol. The molecule has 0 bridgehead atoms. The zero-order valence-corrected chi connectivity index (χ0v) is 18.9. The number of aryl methyl sites for hydroxylation is 1. The number of nitrogens with zero attached hydrogens (tertiary/aromatic N) is 1. The lowest BCUT2D eigenvalue weighted by Crippen LogP contribution is -2.30. The second-order valence-electron chi connectivity index (χ2n) is 5.94. The van der Waals surface area contributed by atoms with E-state index >= 15 is 0 Å². The molecule has 1 aliphatic rings. The van der Waals surface area contributed by atoms with Crippen molar-refractivity contribution in [2.75, 3.05) is 11.9 Å². The van der Waals surface area contributed by atoms with Gasteiger partial charge in [0.05, 0.1) is 13.9 Å². The van der Waals surface area contributed by atoms with Crippen molar-refractivity contribution in [2.24, 2.45) is 0 Å². The number of carbonyl (C=O) groups is 1. The van der Waals surface area contributed by atoms with Gasteiger partial charge in [0, 0.05) is 5.69 Å². The van der Waals surface area contributed by atoms with Gasteiger partial charge in [-0.3, -0.25) is 4.79 Å². The second kappa shape index (κ2) is 9.50. The molecule has 1 amide bonds. The van der Waals surface area contributed by atoms with E-state index in [-0.39, 0.29) is 18.0 Å². The maximum atomic E-state index is 12.3. The van der Waals surface area contributed by atoms with Gasteiger partial charge in [-0.05, 0) is 79.7 Å². The summed E-state index contributed by atoms with van der Waals surface area (Å²) in [5.74, 6) is 0.437. The third kappa shape index (κ3) is 5.10. The van der Waals surface area contributed by atoms with Crippen molar-refractivity contribution in [3.05, 3.63) is 61.4 Å². The largest absolute Gasteiger partial charge is 0.476 e. The van der Waals surface area contributed by atoms with Crippen molar-refractivity contribution in [3.63, 3.8) is 0 Å². The van der Waals surface area contributed by atoms with Gasteiger partial charge in [0.1, 0.15) is 11.8 Å². The van der Waals surface area contributed by atoms with Crippen LogP contribution in [0.1, 0.15) is 18.1 Å². The molecule has 1 fully saturated rings. The van der Waals surface area contributed by atoms with Crippen LogP contribution in [0.25, 0.3) is 6.08 Å². The first kappa shape index (κ1) is 20.8. The molecule has 0 saturated carbocycles. The quantitative estimate of drug-likeness (QED) is 0.505. The van der Waals surface area contributed by atoms with Gasteiger partial charge in [-0.1, -0.05) is 30.8 Å². The highest BCUT2D eigenvalue weighted by atomic mass is 79.9. The Bertz CT molecular complexity index is 932. The number of nitriles is 1. The summed E-state index contributed by atoms with van der Waals surface area (Å²) in [7, 11) is 0. The van der Waals surface area contributed by atoms with E-state index in [4.69, 9.17) is 10.00 Å². The second-order valence-corrected chi connectivity index (χ2v) is 8.79. The van der Waals surface area contributed by atoms with Crippen LogP contribution in [-0.2, 0) is 11.2 Å². The number of halogens is 2. The van der Waals surface area contributed by atoms with Gasteiger partial charge in [-0.2, -0.15) is 5.26 Å². The third-order valence-electron chi connectivity index (χ3n) is 3.99. The Kier molecular flexibility index (Phi) is 7.05. The molecule has 0 spiro atoms. The molecular formula is C20H17Br2N3O2S. The summed E-state index contributed by atoms with van der Waals surface area (Å²) in [5, 5.41) is 14.9. The average Bonchev–Trinajstić information content (AvgIpc) is 3.00. The lowest BCUT2D eigenvalue weighted by molar-refractivity contribution is -0.116. The van der Waals surface area contributed by atoms with Gasteiger partial charge >= 0.3 is 0 Å². The van der Waals surface area contributed by atoms with Crippen LogP contribution in [0.4, 0.5) is 5.69 Å². The molecular weight excluding hydrogens is 506 g/mol. The van der Waals surface area contributed by atoms with Crippen LogP contribution in [0.15, 0.2) is 50.2 Å². The van der Waals surface area contributed by atoms with Crippen molar-refractivity contribution in [2.45, 2.75) is 18.8 Å². The summed E-state index contributed by atoms with van der Waals surface area (Å²) in [6.07, 6.45) is 2.82. The number of hydrogen-bond acceptors (Lipinski definition) is 5. The molecule has 0 aliphatic carbocycles. The molecule has 0 unspecified atom stereocenters. The number of rotatable bonds is 6. The van der Waals surface area contributed by atoms with Crippen molar-refractivity contribution in [1.82, 2.24) is 5.32 Å². The fraction of sp³-hybridized carbons (Fsp3) is 0.200. The van der Waals surface area contributed by atoms with Crippen molar-refractivity contribution >= 4 is 61.3 Å². The molecule has 8 heteroatoms. The lowest BCUT2D eigenvalue weighted by atomic mass is 10.1. The minimum atomic E-state index is -0.226. The van der Waals surface area contributed by atoms with E-state index in [0.29, 0.717) is 19.6 Å². The van der Waals surface area contributed by atoms with Crippen LogP contribution in [0.5, 0.6) is 5.75 Å². The molecule has 28 heavy (non-hydrogen) atoms. The van der Waals surface area contributed by atoms with E-state index in [1.165, 1.54) is 17.3 Å². The molecule has 1 aliphatic heterocycles. The van der Waals surface area contributed by atoms with Crippen LogP contribution < -0.4 is 15.4 Å². The number of thioether (sulfide) groups is 1. The van der Waals surface area contributed by atoms with Gasteiger partial charge in [-0.25, -0.2) is 0 Å². The number of anilines is 1. The Morgan fingerprint density at radius 2 is 1.96 bits per heavy atom. The van der Waals surface area contributed by atoms with E-state index in [0.717, 1.165) is 17.7 Å². The van der Waals surface area contributed by atoms with Crippen LogP contribution >= 0.6 is 43.6 Å². The Morgan fingerprint density at radius 3 is 2.57 bits per heavy atom. The topological polar surface area (TPSA) is 74.2 Å². The Balaban J connectivity index is 1.72. The van der Waals surface area contributed by atoms with E-state index in [1.54, 1.807) is 0 Å². The van der Waals surface area contributed by atoms with Crippen LogP contribution in [0, 0.1) is 11.3 Å². The fourth-order valence-electron chi connectivity index (χ4n) is 2.61. The highest BCUT2D eigenvalue weighted by Gasteiger charge is 2.27. The molecule has 2 aromatic carbocycles. The van der Waals surface area contributed by atoms with Crippen LogP contribution in [-0.4, -0.2) is 18.0 Å². The van der Waals surface area contributed by atoms with Gasteiger partial charge in [0.25, 0.3) is 5.91 Å². The number of nitrogens with one attached hydrogen (secondary N) is 2. The molecule has 1 heterocycles. The Hall–Kier alpha value is -1.95. The maximum absolute atomic E-state index is 12.3. The molecule has 0 radical (unpaired) electrons. The summed E-state index contributed by atoms with van der Waals surface area (Å²) >= 11 is 8.33. The molecule has 0 aromatic heterocycles. The van der Waals surface area contributed by atoms with Crippen molar-refractivity contribution < 1.29 is 9.53 Å². The van der Waals surface area contributed by atoms with Crippen molar-refractivity contribution in [3.8, 4) is 11.8 Å². The molecule has 1 saturated heterocycles. The zero-order chi connectivity index (χ0) is 20.1. The molecule has 2 aromatic rings. The van der Waals surface area contributed by atoms with Gasteiger partial charge in [0.2, 0.25) is 0 Å². The predicted octanol–water partition coefficient (Wildman–Crippen LogP) is 5.28. The smallest absolute Gasteiger partial charge is 0.260 e. The summed E-state index contributed by atoms with van der Waals surface area (Å²) in [4.78, 5) is 13.0. The minimum Gasteiger partial charge on any atom is -0.476 e. The Morgan fingerprint density at radius 1 is 1.29 bits per heavy atom. The SMILES string of the molecule is CCc1ccc(N[C@H]2NC(=O)/C(=C/c3cc(Br)c(OCC#N)c(Br)c3)S2)cc1. The first-order valence-corrected chi connectivity index (χ1v) is 11.0. The highest BCUT2D eigenvalue weighted by Crippen LogP contribution is 2.37. The molecule has 144 valence electrons. The standard InChI is InChI=1S/C20H17Br2N3O2S/c1-2-12-3-5-14(6-4-12)24-20-25-19(26)17(28-20)11-13-9-15(21)18(16(22)10-13)27-8-7-23/h3-6,9-11,20,24H,2,8H2,1H3,(H,25,26)/b17-11-/t20-/m0/s1. The zero-order valence-electron chi connectivity index (χ0n) is 15.0. The summed E-state index contributed by atoms with van der Waals surface area (Å²) in [6, 6.07) is 13.8. The fourth-order valence-corrected chi connectivity index (χ4v) is 5.05. The highest BCUT2D eigenvalue weighted by molar-refractivity contribution is 9.11. The van der Waals surface area contributed by atoms with Gasteiger partial charge in [-0.15, -0.1) is 0 Å². The van der Waals surface area contributed by atoms with Crippen LogP contribution in [0.2, 0.25) is 0 Å². The summed E-state index contributed by atoms with van der Waals surface area (Å²) in [6.45, 7) is 2.08. The predicted molar refractivity (Wildman–Crippen MR) is 120 cm³/mol. The van der Waals surface area contributed by atoms with E-state index < -0.39 is 0 Å². The van der Waals surface area contributed by atoms with E-state index in [1.807, 2.05) is 36.4 Å². The first-order valence-electron chi connectivity index (χ1n) is 8.53. The van der Waals surface area contributed by atoms with E-state index in [9.17, 15) is 4.79 Å². The summed E-state index contributed by atoms with van der Waals surface area (Å²) in [5.41, 5.74) is 2.85. The molecule has 1 atom stereocenters. The molecule has 3 rings (SSSR count). The third-order valence-corrected chi connectivity index (χ3v) is 6.20. The van der Waals surface area contributed by atoms with E-state index in [2.05, 4.69) is 61.5 Å². The normalized spacial score (nSPS) is 17.3. The number of benzene rings is 2. The maximum Gasteiger partial charge on any atom is 0.260 e. The minimum absolute atomic E-state index is 0.0392. The number of ether oxygens (including phenoxy) is 1. The molecule has 2 N–H and O–H groups in total. The van der Waals surface area contributed by atoms with Gasteiger partial charge in [0.15, 0.2) is 12.1 Å². The van der Waals surface area contributed by atoms with Gasteiger partial charge < -0.3 is 15.4 Å². The number of carbonyl (C=O) groups excluding carboxylic acids is 1. The van der Waals surface area contributed by atoms with Crippen LogP contribution in [0.3, 0.4) is 0 Å². The van der Waals surface area contributed by atoms with Crippen molar-refractivity contribution in [1.29, 1.82) is 5.26 Å². The Labute approximate surface area is 184 Å². The first-order chi connectivity index (χ1) is 13.5. The summed E-state index contributed by atoms with van der Waals surface area (Å²) < 4.78 is 6.81. The molecule has 5 nitrogen and oxygen atoms in total. The lowest BCUT2D eigenvalue weighted by Gasteiger charge is -2.13. The number of hydrogen-bond donors (Lipinski definition) is 2. The number of amides is 1. The average molecular weight is 523 g/mol.